The summed E-state index contributed by atoms with van der Waals surface area (Å²) in [6.07, 6.45) is 1.84. The summed E-state index contributed by atoms with van der Waals surface area (Å²) in [6.45, 7) is 4.84. The third-order valence-corrected chi connectivity index (χ3v) is 4.23. The highest BCUT2D eigenvalue weighted by Crippen LogP contribution is 2.27. The van der Waals surface area contributed by atoms with Gasteiger partial charge >= 0.3 is 0 Å². The van der Waals surface area contributed by atoms with Crippen molar-refractivity contribution in [3.63, 3.8) is 0 Å². The first-order valence-corrected chi connectivity index (χ1v) is 7.83. The van der Waals surface area contributed by atoms with Gasteiger partial charge in [-0.15, -0.1) is 0 Å². The molecule has 0 aliphatic carbocycles. The summed E-state index contributed by atoms with van der Waals surface area (Å²) in [6, 6.07) is 18.0. The first-order chi connectivity index (χ1) is 11.7. The molecule has 0 radical (unpaired) electrons. The molecule has 4 nitrogen and oxygen atoms in total. The minimum atomic E-state index is -0.120. The first kappa shape index (κ1) is 14.3. The van der Waals surface area contributed by atoms with Crippen LogP contribution in [0.15, 0.2) is 72.2 Å². The van der Waals surface area contributed by atoms with Crippen LogP contribution < -0.4 is 10.9 Å². The van der Waals surface area contributed by atoms with E-state index in [1.807, 2.05) is 48.7 Å². The molecular formula is C20H17N3O. The Labute approximate surface area is 138 Å². The molecule has 2 heterocycles. The number of H-pyrrole nitrogens is 2. The van der Waals surface area contributed by atoms with Crippen LogP contribution in [0.5, 0.6) is 0 Å². The lowest BCUT2D eigenvalue weighted by Gasteiger charge is -2.10. The Kier molecular flexibility index (Phi) is 3.43. The smallest absolute Gasteiger partial charge is 0.272 e. The molecule has 4 rings (SSSR count). The van der Waals surface area contributed by atoms with Crippen LogP contribution >= 0.6 is 0 Å². The number of benzene rings is 2. The van der Waals surface area contributed by atoms with Crippen molar-refractivity contribution in [1.29, 1.82) is 0 Å². The lowest BCUT2D eigenvalue weighted by molar-refractivity contribution is 0.893. The fraction of sp³-hybridized carbons (Fsp3) is 0.0500. The van der Waals surface area contributed by atoms with Crippen LogP contribution in [0.25, 0.3) is 27.5 Å². The van der Waals surface area contributed by atoms with Gasteiger partial charge in [-0.05, 0) is 11.6 Å². The van der Waals surface area contributed by atoms with Crippen LogP contribution in [0.2, 0.25) is 0 Å². The van der Waals surface area contributed by atoms with Gasteiger partial charge in [0.05, 0.1) is 0 Å². The second kappa shape index (κ2) is 5.74. The summed E-state index contributed by atoms with van der Waals surface area (Å²) < 4.78 is 0. The molecule has 0 unspecified atom stereocenters. The summed E-state index contributed by atoms with van der Waals surface area (Å²) in [4.78, 5) is 18.3. The summed E-state index contributed by atoms with van der Waals surface area (Å²) in [7, 11) is 0. The Hall–Kier alpha value is -3.27. The molecule has 4 aromatic rings. The first-order valence-electron chi connectivity index (χ1n) is 7.83. The quantitative estimate of drug-likeness (QED) is 0.537. The van der Waals surface area contributed by atoms with Crippen molar-refractivity contribution in [2.24, 2.45) is 0 Å². The van der Waals surface area contributed by atoms with Crippen LogP contribution in [-0.4, -0.2) is 9.97 Å². The molecule has 0 bridgehead atoms. The maximum absolute atomic E-state index is 12.3. The summed E-state index contributed by atoms with van der Waals surface area (Å²) in [5, 5.41) is 5.26. The molecule has 2 aromatic heterocycles. The molecule has 0 aliphatic heterocycles. The van der Waals surface area contributed by atoms with Crippen LogP contribution in [0, 0.1) is 0 Å². The highest BCUT2D eigenvalue weighted by atomic mass is 16.1. The number of hydrogen-bond donors (Lipinski definition) is 3. The van der Waals surface area contributed by atoms with E-state index >= 15 is 0 Å². The number of aromatic nitrogens is 2. The van der Waals surface area contributed by atoms with Gasteiger partial charge in [-0.25, -0.2) is 0 Å². The average Bonchev–Trinajstić information content (AvgIpc) is 3.07. The lowest BCUT2D eigenvalue weighted by atomic mass is 10.1. The Balaban J connectivity index is 1.76. The maximum atomic E-state index is 12.3. The third-order valence-electron chi connectivity index (χ3n) is 4.23. The Morgan fingerprint density at radius 2 is 1.79 bits per heavy atom. The molecule has 4 heteroatoms. The van der Waals surface area contributed by atoms with Gasteiger partial charge in [0.2, 0.25) is 0 Å². The minimum Gasteiger partial charge on any atom is -0.381 e. The third kappa shape index (κ3) is 2.38. The van der Waals surface area contributed by atoms with E-state index in [4.69, 9.17) is 0 Å². The summed E-state index contributed by atoms with van der Waals surface area (Å²) >= 11 is 0. The minimum absolute atomic E-state index is 0.120. The van der Waals surface area contributed by atoms with Gasteiger partial charge < -0.3 is 15.3 Å². The second-order valence-electron chi connectivity index (χ2n) is 5.77. The van der Waals surface area contributed by atoms with Crippen molar-refractivity contribution in [2.75, 3.05) is 0 Å². The van der Waals surface area contributed by atoms with Gasteiger partial charge in [-0.2, -0.15) is 0 Å². The topological polar surface area (TPSA) is 60.7 Å². The van der Waals surface area contributed by atoms with Crippen molar-refractivity contribution in [1.82, 2.24) is 15.3 Å². The zero-order chi connectivity index (χ0) is 16.5. The summed E-state index contributed by atoms with van der Waals surface area (Å²) in [5.41, 5.74) is 4.18. The van der Waals surface area contributed by atoms with Gasteiger partial charge in [0.1, 0.15) is 5.52 Å². The second-order valence-corrected chi connectivity index (χ2v) is 5.77. The number of para-hydroxylation sites is 1. The molecule has 0 atom stereocenters. The molecule has 24 heavy (non-hydrogen) atoms. The average molecular weight is 315 g/mol. The largest absolute Gasteiger partial charge is 0.381 e. The van der Waals surface area contributed by atoms with E-state index in [-0.39, 0.29) is 5.56 Å². The Morgan fingerprint density at radius 1 is 1.04 bits per heavy atom. The number of hydrogen-bond acceptors (Lipinski definition) is 2. The van der Waals surface area contributed by atoms with Gasteiger partial charge in [0.25, 0.3) is 5.56 Å². The number of nitrogens with one attached hydrogen (secondary N) is 3. The molecule has 0 amide bonds. The van der Waals surface area contributed by atoms with Crippen molar-refractivity contribution >= 4 is 27.5 Å². The van der Waals surface area contributed by atoms with Crippen LogP contribution in [0.1, 0.15) is 11.1 Å². The number of pyridine rings is 1. The molecule has 0 spiro atoms. The Morgan fingerprint density at radius 3 is 2.62 bits per heavy atom. The van der Waals surface area contributed by atoms with Crippen molar-refractivity contribution < 1.29 is 0 Å². The molecule has 2 aromatic carbocycles. The maximum Gasteiger partial charge on any atom is 0.272 e. The Bertz CT molecular complexity index is 1090. The highest BCUT2D eigenvalue weighted by Gasteiger charge is 2.13. The van der Waals surface area contributed by atoms with Gasteiger partial charge in [0, 0.05) is 40.3 Å². The fourth-order valence-corrected chi connectivity index (χ4v) is 3.01. The predicted molar refractivity (Wildman–Crippen MR) is 98.7 cm³/mol. The zero-order valence-corrected chi connectivity index (χ0v) is 13.1. The zero-order valence-electron chi connectivity index (χ0n) is 13.1. The molecular weight excluding hydrogens is 298 g/mol. The van der Waals surface area contributed by atoms with Crippen molar-refractivity contribution in [3.05, 3.63) is 88.9 Å². The number of fused-ring (bicyclic) bond motifs is 3. The van der Waals surface area contributed by atoms with Crippen LogP contribution in [-0.2, 0) is 6.54 Å². The normalized spacial score (nSPS) is 11.0. The number of rotatable bonds is 4. The highest BCUT2D eigenvalue weighted by molar-refractivity contribution is 6.09. The molecule has 0 saturated heterocycles. The van der Waals surface area contributed by atoms with Gasteiger partial charge in [0.15, 0.2) is 0 Å². The molecule has 0 saturated carbocycles. The molecule has 0 aliphatic rings. The number of aromatic amines is 2. The lowest BCUT2D eigenvalue weighted by Crippen LogP contribution is -2.11. The predicted octanol–water partition coefficient (Wildman–Crippen LogP) is 3.77. The summed E-state index contributed by atoms with van der Waals surface area (Å²) in [5.74, 6) is 0. The van der Waals surface area contributed by atoms with E-state index in [0.29, 0.717) is 12.1 Å². The van der Waals surface area contributed by atoms with E-state index in [0.717, 1.165) is 27.5 Å². The molecule has 118 valence electrons. The van der Waals surface area contributed by atoms with Crippen molar-refractivity contribution in [3.8, 4) is 0 Å². The van der Waals surface area contributed by atoms with Crippen LogP contribution in [0.4, 0.5) is 0 Å². The molecule has 3 N–H and O–H groups in total. The van der Waals surface area contributed by atoms with Crippen molar-refractivity contribution in [2.45, 2.75) is 6.54 Å². The monoisotopic (exact) mass is 315 g/mol. The molecule has 0 fully saturated rings. The van der Waals surface area contributed by atoms with E-state index in [1.165, 1.54) is 5.56 Å². The van der Waals surface area contributed by atoms with Gasteiger partial charge in [-0.3, -0.25) is 4.79 Å². The SMILES string of the molecule is C=C(NCc1ccccc1)c1c[nH]c2c(=O)[nH]c3ccccc3c12. The fourth-order valence-electron chi connectivity index (χ4n) is 3.01. The van der Waals surface area contributed by atoms with Gasteiger partial charge in [-0.1, -0.05) is 55.1 Å². The van der Waals surface area contributed by atoms with Crippen LogP contribution in [0.3, 0.4) is 0 Å². The standard InChI is InChI=1S/C20H17N3O/c1-13(21-11-14-7-3-2-4-8-14)16-12-22-19-18(16)15-9-5-6-10-17(15)23-20(19)24/h2-10,12,21-22H,1,11H2,(H,23,24). The van der Waals surface area contributed by atoms with E-state index in [9.17, 15) is 4.79 Å². The van der Waals surface area contributed by atoms with E-state index < -0.39 is 0 Å². The van der Waals surface area contributed by atoms with E-state index in [2.05, 4.69) is 34.0 Å². The van der Waals surface area contributed by atoms with E-state index in [1.54, 1.807) is 0 Å².